The quantitative estimate of drug-likeness (QED) is 0.859. The Morgan fingerprint density at radius 3 is 2.32 bits per heavy atom. The monoisotopic (exact) mass is 326 g/mol. The van der Waals surface area contributed by atoms with Crippen LogP contribution in [-0.2, 0) is 9.53 Å². The second-order valence-corrected chi connectivity index (χ2v) is 6.45. The summed E-state index contributed by atoms with van der Waals surface area (Å²) in [5.41, 5.74) is 0.247. The van der Waals surface area contributed by atoms with Gasteiger partial charge in [-0.25, -0.2) is 4.79 Å². The van der Waals surface area contributed by atoms with Gasteiger partial charge < -0.3 is 10.1 Å². The van der Waals surface area contributed by atoms with Gasteiger partial charge in [-0.05, 0) is 51.5 Å². The van der Waals surface area contributed by atoms with Crippen molar-refractivity contribution in [2.45, 2.75) is 52.2 Å². The molecule has 0 aliphatic carbocycles. The molecule has 0 fully saturated rings. The molecule has 22 heavy (non-hydrogen) atoms. The highest BCUT2D eigenvalue weighted by atomic mass is 35.5. The summed E-state index contributed by atoms with van der Waals surface area (Å²) in [5.74, 6) is -0.373. The molecular weight excluding hydrogens is 304 g/mol. The van der Waals surface area contributed by atoms with Crippen molar-refractivity contribution in [3.8, 4) is 0 Å². The molecule has 0 spiro atoms. The molecule has 0 aliphatic rings. The molecule has 1 rings (SSSR count). The third-order valence-electron chi connectivity index (χ3n) is 2.78. The molecule has 122 valence electrons. The lowest BCUT2D eigenvalue weighted by Gasteiger charge is -2.21. The topological polar surface area (TPSA) is 67.4 Å². The summed E-state index contributed by atoms with van der Waals surface area (Å²) in [6.45, 7) is 7.20. The normalized spacial score (nSPS) is 12.4. The van der Waals surface area contributed by atoms with E-state index in [1.807, 2.05) is 19.1 Å². The maximum Gasteiger partial charge on any atom is 0.414 e. The number of carbonyl (C=O) groups is 2. The Morgan fingerprint density at radius 2 is 1.82 bits per heavy atom. The Labute approximate surface area is 136 Å². The van der Waals surface area contributed by atoms with Crippen LogP contribution < -0.4 is 10.6 Å². The number of rotatable bonds is 5. The highest BCUT2D eigenvalue weighted by Gasteiger charge is 2.19. The van der Waals surface area contributed by atoms with Crippen molar-refractivity contribution in [1.29, 1.82) is 0 Å². The van der Waals surface area contributed by atoms with Gasteiger partial charge in [-0.15, -0.1) is 0 Å². The van der Waals surface area contributed by atoms with Crippen molar-refractivity contribution in [2.24, 2.45) is 0 Å². The highest BCUT2D eigenvalue weighted by molar-refractivity contribution is 6.30. The zero-order valence-electron chi connectivity index (χ0n) is 13.4. The molecule has 1 atom stereocenters. The number of imide groups is 1. The molecule has 0 heterocycles. The second kappa shape index (κ2) is 8.03. The van der Waals surface area contributed by atoms with Crippen LogP contribution in [0.5, 0.6) is 0 Å². The standard InChI is InChI=1S/C16H23ClN2O3/c1-5-12(18-13-8-6-11(17)7-9-13)10-14(20)19-15(21)22-16(2,3)4/h6-9,12,18H,5,10H2,1-4H3,(H,19,20,21)/t12-/m1/s1. The minimum absolute atomic E-state index is 0.0800. The number of hydrogen-bond donors (Lipinski definition) is 2. The number of hydrogen-bond acceptors (Lipinski definition) is 4. The highest BCUT2D eigenvalue weighted by Crippen LogP contribution is 2.16. The number of anilines is 1. The summed E-state index contributed by atoms with van der Waals surface area (Å²) in [5, 5.41) is 6.13. The molecule has 6 heteroatoms. The van der Waals surface area contributed by atoms with Crippen molar-refractivity contribution in [3.05, 3.63) is 29.3 Å². The van der Waals surface area contributed by atoms with Crippen LogP contribution in [0.25, 0.3) is 0 Å². The molecule has 0 bridgehead atoms. The van der Waals surface area contributed by atoms with E-state index in [4.69, 9.17) is 16.3 Å². The molecule has 0 aromatic heterocycles. The number of nitrogens with one attached hydrogen (secondary N) is 2. The van der Waals surface area contributed by atoms with E-state index in [1.54, 1.807) is 32.9 Å². The van der Waals surface area contributed by atoms with E-state index < -0.39 is 11.7 Å². The van der Waals surface area contributed by atoms with Crippen LogP contribution in [0.4, 0.5) is 10.5 Å². The van der Waals surface area contributed by atoms with Gasteiger partial charge in [-0.3, -0.25) is 10.1 Å². The minimum Gasteiger partial charge on any atom is -0.444 e. The number of ether oxygens (including phenoxy) is 1. The van der Waals surface area contributed by atoms with Crippen LogP contribution in [0, 0.1) is 0 Å². The second-order valence-electron chi connectivity index (χ2n) is 6.01. The maximum atomic E-state index is 11.9. The molecule has 0 saturated carbocycles. The van der Waals surface area contributed by atoms with Crippen molar-refractivity contribution in [1.82, 2.24) is 5.32 Å². The molecule has 0 radical (unpaired) electrons. The number of benzene rings is 1. The van der Waals surface area contributed by atoms with Gasteiger partial charge in [0.15, 0.2) is 0 Å². The fourth-order valence-corrected chi connectivity index (χ4v) is 1.90. The average molecular weight is 327 g/mol. The number of halogens is 1. The van der Waals surface area contributed by atoms with Gasteiger partial charge in [0, 0.05) is 23.2 Å². The van der Waals surface area contributed by atoms with Crippen molar-refractivity contribution >= 4 is 29.3 Å². The Balaban J connectivity index is 2.49. The lowest BCUT2D eigenvalue weighted by Crippen LogP contribution is -2.38. The molecule has 2 amide bonds. The van der Waals surface area contributed by atoms with Gasteiger partial charge in [0.2, 0.25) is 5.91 Å². The first-order valence-corrected chi connectivity index (χ1v) is 7.62. The SMILES string of the molecule is CC[C@H](CC(=O)NC(=O)OC(C)(C)C)Nc1ccc(Cl)cc1. The third-order valence-corrected chi connectivity index (χ3v) is 3.03. The van der Waals surface area contributed by atoms with Crippen molar-refractivity contribution < 1.29 is 14.3 Å². The Morgan fingerprint density at radius 1 is 1.23 bits per heavy atom. The fraction of sp³-hybridized carbons (Fsp3) is 0.500. The third kappa shape index (κ3) is 7.31. The van der Waals surface area contributed by atoms with E-state index in [0.717, 1.165) is 12.1 Å². The Bertz CT molecular complexity index is 509. The zero-order chi connectivity index (χ0) is 16.8. The number of amides is 2. The molecule has 1 aromatic carbocycles. The van der Waals surface area contributed by atoms with Crippen LogP contribution in [0.1, 0.15) is 40.5 Å². The van der Waals surface area contributed by atoms with Gasteiger partial charge in [0.25, 0.3) is 0 Å². The smallest absolute Gasteiger partial charge is 0.414 e. The molecule has 0 aliphatic heterocycles. The van der Waals surface area contributed by atoms with Gasteiger partial charge in [0.05, 0.1) is 0 Å². The summed E-state index contributed by atoms with van der Waals surface area (Å²) < 4.78 is 5.05. The Kier molecular flexibility index (Phi) is 6.68. The summed E-state index contributed by atoms with van der Waals surface area (Å²) in [7, 11) is 0. The molecular formula is C16H23ClN2O3. The van der Waals surface area contributed by atoms with Gasteiger partial charge in [-0.1, -0.05) is 18.5 Å². The van der Waals surface area contributed by atoms with Gasteiger partial charge >= 0.3 is 6.09 Å². The van der Waals surface area contributed by atoms with E-state index in [1.165, 1.54) is 0 Å². The summed E-state index contributed by atoms with van der Waals surface area (Å²) in [6.07, 6.45) is 0.196. The number of carbonyl (C=O) groups excluding carboxylic acids is 2. The van der Waals surface area contributed by atoms with E-state index in [9.17, 15) is 9.59 Å². The molecule has 0 saturated heterocycles. The van der Waals surface area contributed by atoms with Crippen LogP contribution >= 0.6 is 11.6 Å². The average Bonchev–Trinajstić information content (AvgIpc) is 2.38. The number of alkyl carbamates (subject to hydrolysis) is 1. The first-order valence-electron chi connectivity index (χ1n) is 7.24. The zero-order valence-corrected chi connectivity index (χ0v) is 14.2. The van der Waals surface area contributed by atoms with Crippen LogP contribution in [0.2, 0.25) is 5.02 Å². The molecule has 1 aromatic rings. The predicted molar refractivity (Wildman–Crippen MR) is 88.1 cm³/mol. The van der Waals surface area contributed by atoms with E-state index >= 15 is 0 Å². The van der Waals surface area contributed by atoms with Gasteiger partial charge in [-0.2, -0.15) is 0 Å². The molecule has 2 N–H and O–H groups in total. The fourth-order valence-electron chi connectivity index (χ4n) is 1.77. The van der Waals surface area contributed by atoms with Gasteiger partial charge in [0.1, 0.15) is 5.60 Å². The van der Waals surface area contributed by atoms with E-state index in [-0.39, 0.29) is 18.4 Å². The molecule has 0 unspecified atom stereocenters. The van der Waals surface area contributed by atoms with Crippen molar-refractivity contribution in [2.75, 3.05) is 5.32 Å². The largest absolute Gasteiger partial charge is 0.444 e. The first-order chi connectivity index (χ1) is 10.2. The first kappa shape index (κ1) is 18.3. The minimum atomic E-state index is -0.723. The van der Waals surface area contributed by atoms with E-state index in [2.05, 4.69) is 10.6 Å². The Hall–Kier alpha value is -1.75. The summed E-state index contributed by atoms with van der Waals surface area (Å²) in [6, 6.07) is 7.16. The lowest BCUT2D eigenvalue weighted by molar-refractivity contribution is -0.120. The van der Waals surface area contributed by atoms with Crippen LogP contribution in [-0.4, -0.2) is 23.6 Å². The summed E-state index contributed by atoms with van der Waals surface area (Å²) >= 11 is 5.83. The van der Waals surface area contributed by atoms with Crippen molar-refractivity contribution in [3.63, 3.8) is 0 Å². The predicted octanol–water partition coefficient (Wildman–Crippen LogP) is 3.97. The molecule has 5 nitrogen and oxygen atoms in total. The maximum absolute atomic E-state index is 11.9. The lowest BCUT2D eigenvalue weighted by atomic mass is 10.1. The summed E-state index contributed by atoms with van der Waals surface area (Å²) in [4.78, 5) is 23.4. The van der Waals surface area contributed by atoms with Crippen LogP contribution in [0.3, 0.4) is 0 Å². The van der Waals surface area contributed by atoms with Crippen LogP contribution in [0.15, 0.2) is 24.3 Å². The van der Waals surface area contributed by atoms with E-state index in [0.29, 0.717) is 5.02 Å².